The molecule has 6 nitrogen and oxygen atoms in total. The van der Waals surface area contributed by atoms with Crippen LogP contribution in [0.15, 0.2) is 54.6 Å². The van der Waals surface area contributed by atoms with Crippen LogP contribution in [0.4, 0.5) is 10.1 Å². The number of carbonyl (C=O) groups excluding carboxylic acids is 2. The zero-order valence-electron chi connectivity index (χ0n) is 21.2. The van der Waals surface area contributed by atoms with Crippen molar-refractivity contribution in [2.24, 2.45) is 0 Å². The van der Waals surface area contributed by atoms with Gasteiger partial charge in [0.15, 0.2) is 0 Å². The Balaban J connectivity index is 1.62. The Morgan fingerprint density at radius 1 is 1.03 bits per heavy atom. The van der Waals surface area contributed by atoms with Crippen molar-refractivity contribution in [3.8, 4) is 5.75 Å². The number of nitrogens with one attached hydrogen (secondary N) is 2. The van der Waals surface area contributed by atoms with Crippen LogP contribution in [0.25, 0.3) is 0 Å². The van der Waals surface area contributed by atoms with Crippen molar-refractivity contribution in [1.82, 2.24) is 5.32 Å². The number of carbonyl (C=O) groups is 2. The molecule has 2 fully saturated rings. The number of aliphatic hydroxyl groups is 1. The highest BCUT2D eigenvalue weighted by molar-refractivity contribution is 6.31. The fourth-order valence-corrected chi connectivity index (χ4v) is 6.78. The van der Waals surface area contributed by atoms with Crippen molar-refractivity contribution in [2.75, 3.05) is 11.9 Å². The largest absolute Gasteiger partial charge is 0.485 e. The summed E-state index contributed by atoms with van der Waals surface area (Å²) >= 11 is 12.8. The lowest BCUT2D eigenvalue weighted by molar-refractivity contribution is -0.131. The van der Waals surface area contributed by atoms with Crippen molar-refractivity contribution >= 4 is 40.7 Å². The zero-order chi connectivity index (χ0) is 27.5. The first kappa shape index (κ1) is 26.1. The molecule has 3 aliphatic rings. The molecule has 3 aromatic carbocycles. The molecule has 2 amide bonds. The molecule has 2 heterocycles. The van der Waals surface area contributed by atoms with Crippen molar-refractivity contribution in [3.63, 3.8) is 0 Å². The maximum atomic E-state index is 14.6. The molecule has 6 rings (SSSR count). The number of amides is 2. The molecule has 1 aliphatic carbocycles. The average Bonchev–Trinajstić information content (AvgIpc) is 3.16. The summed E-state index contributed by atoms with van der Waals surface area (Å²) in [6.07, 6.45) is 2.27. The fourth-order valence-electron chi connectivity index (χ4n) is 6.42. The van der Waals surface area contributed by atoms with Gasteiger partial charge in [-0.15, -0.1) is 0 Å². The topological polar surface area (TPSA) is 87.7 Å². The smallest absolute Gasteiger partial charge is 0.238 e. The molecule has 1 saturated carbocycles. The maximum Gasteiger partial charge on any atom is 0.238 e. The van der Waals surface area contributed by atoms with E-state index in [1.54, 1.807) is 42.5 Å². The fraction of sp³-hybridized carbons (Fsp3) is 0.333. The Morgan fingerprint density at radius 3 is 2.49 bits per heavy atom. The van der Waals surface area contributed by atoms with E-state index in [0.717, 1.165) is 12.0 Å². The van der Waals surface area contributed by atoms with Gasteiger partial charge in [-0.1, -0.05) is 35.3 Å². The Labute approximate surface area is 235 Å². The number of benzene rings is 3. The van der Waals surface area contributed by atoms with E-state index < -0.39 is 28.8 Å². The van der Waals surface area contributed by atoms with Gasteiger partial charge in [0.25, 0.3) is 0 Å². The number of hydrogen-bond donors (Lipinski definition) is 3. The first-order chi connectivity index (χ1) is 18.7. The molecule has 3 N–H and O–H groups in total. The molecule has 0 radical (unpaired) electrons. The van der Waals surface area contributed by atoms with Crippen molar-refractivity contribution in [3.05, 3.63) is 92.7 Å². The third-order valence-corrected chi connectivity index (χ3v) is 9.00. The Morgan fingerprint density at radius 2 is 1.77 bits per heavy atom. The standard InChI is InChI=1S/C30H27Cl2FN2O4/c1-16-3-6-19(33)13-20(16)27-30(22-7-4-18(32)12-24(22)34-28(30)38)23(14-26(37)35-27)21-11-17(31)5-8-25(21)39-29(15-36)9-2-10-29/h3-8,11-13,23,27,36H,2,9-10,14-15H2,1H3,(H,34,38)(H,35,37)/t23-,27+,30-/m1/s1. The van der Waals surface area contributed by atoms with E-state index >= 15 is 0 Å². The lowest BCUT2D eigenvalue weighted by atomic mass is 9.59. The van der Waals surface area contributed by atoms with E-state index in [4.69, 9.17) is 27.9 Å². The highest BCUT2D eigenvalue weighted by atomic mass is 35.5. The molecule has 9 heteroatoms. The molecule has 39 heavy (non-hydrogen) atoms. The van der Waals surface area contributed by atoms with Crippen LogP contribution in [-0.2, 0) is 15.0 Å². The van der Waals surface area contributed by atoms with Gasteiger partial charge in [-0.2, -0.15) is 0 Å². The molecule has 3 aromatic rings. The molecule has 2 aliphatic heterocycles. The molecule has 0 aromatic heterocycles. The van der Waals surface area contributed by atoms with Crippen LogP contribution in [0, 0.1) is 12.7 Å². The number of aryl methyl sites for hydroxylation is 1. The van der Waals surface area contributed by atoms with Crippen LogP contribution in [0.1, 0.15) is 59.9 Å². The minimum atomic E-state index is -1.37. The summed E-state index contributed by atoms with van der Waals surface area (Å²) in [5, 5.41) is 17.0. The summed E-state index contributed by atoms with van der Waals surface area (Å²) in [7, 11) is 0. The SMILES string of the molecule is Cc1ccc(F)cc1[C@@H]1NC(=O)C[C@H](c2cc(Cl)ccc2OC2(CO)CCC2)[C@@]12C(=O)Nc1cc(Cl)ccc12. The van der Waals surface area contributed by atoms with Crippen LogP contribution in [0.5, 0.6) is 5.75 Å². The summed E-state index contributed by atoms with van der Waals surface area (Å²) < 4.78 is 21.1. The summed E-state index contributed by atoms with van der Waals surface area (Å²) in [4.78, 5) is 27.7. The normalized spacial score (nSPS) is 25.1. The second-order valence-electron chi connectivity index (χ2n) is 10.8. The van der Waals surface area contributed by atoms with E-state index in [9.17, 15) is 19.1 Å². The highest BCUT2D eigenvalue weighted by Crippen LogP contribution is 2.59. The van der Waals surface area contributed by atoms with E-state index in [1.165, 1.54) is 12.1 Å². The van der Waals surface area contributed by atoms with Crippen molar-refractivity contribution in [2.45, 2.75) is 55.6 Å². The Bertz CT molecular complexity index is 1500. The van der Waals surface area contributed by atoms with E-state index in [-0.39, 0.29) is 24.8 Å². The van der Waals surface area contributed by atoms with Crippen LogP contribution >= 0.6 is 23.2 Å². The molecule has 0 bridgehead atoms. The second-order valence-corrected chi connectivity index (χ2v) is 11.6. The maximum absolute atomic E-state index is 14.6. The van der Waals surface area contributed by atoms with Gasteiger partial charge in [-0.05, 0) is 85.3 Å². The van der Waals surface area contributed by atoms with Crippen LogP contribution in [0.2, 0.25) is 10.0 Å². The predicted molar refractivity (Wildman–Crippen MR) is 147 cm³/mol. The molecule has 1 saturated heterocycles. The number of ether oxygens (including phenoxy) is 1. The number of hydrogen-bond acceptors (Lipinski definition) is 4. The van der Waals surface area contributed by atoms with Crippen LogP contribution in [-0.4, -0.2) is 29.1 Å². The summed E-state index contributed by atoms with van der Waals surface area (Å²) in [6, 6.07) is 13.8. The molecule has 3 atom stereocenters. The minimum absolute atomic E-state index is 0.0385. The first-order valence-electron chi connectivity index (χ1n) is 12.9. The molecular formula is C30H27Cl2FN2O4. The van der Waals surface area contributed by atoms with Gasteiger partial charge in [-0.3, -0.25) is 9.59 Å². The van der Waals surface area contributed by atoms with Gasteiger partial charge >= 0.3 is 0 Å². The van der Waals surface area contributed by atoms with Gasteiger partial charge < -0.3 is 20.5 Å². The summed E-state index contributed by atoms with van der Waals surface area (Å²) in [5.41, 5.74) is 0.879. The van der Waals surface area contributed by atoms with Crippen LogP contribution < -0.4 is 15.4 Å². The third kappa shape index (κ3) is 4.10. The Hall–Kier alpha value is -3.13. The molecular weight excluding hydrogens is 542 g/mol. The quantitative estimate of drug-likeness (QED) is 0.354. The van der Waals surface area contributed by atoms with E-state index in [0.29, 0.717) is 51.0 Å². The average molecular weight is 569 g/mol. The van der Waals surface area contributed by atoms with Crippen LogP contribution in [0.3, 0.4) is 0 Å². The number of anilines is 1. The molecule has 1 spiro atoms. The number of fused-ring (bicyclic) bond motifs is 2. The zero-order valence-corrected chi connectivity index (χ0v) is 22.7. The first-order valence-corrected chi connectivity index (χ1v) is 13.7. The Kier molecular flexibility index (Phi) is 6.36. The van der Waals surface area contributed by atoms with Crippen molar-refractivity contribution < 1.29 is 23.8 Å². The number of aliphatic hydroxyl groups excluding tert-OH is 1. The minimum Gasteiger partial charge on any atom is -0.485 e. The highest BCUT2D eigenvalue weighted by Gasteiger charge is 2.62. The number of piperidine rings is 1. The second kappa shape index (κ2) is 9.51. The summed E-state index contributed by atoms with van der Waals surface area (Å²) in [5.74, 6) is -1.38. The molecule has 0 unspecified atom stereocenters. The van der Waals surface area contributed by atoms with Gasteiger partial charge in [0.05, 0.1) is 12.6 Å². The number of rotatable bonds is 5. The third-order valence-electron chi connectivity index (χ3n) is 8.53. The van der Waals surface area contributed by atoms with Gasteiger partial charge in [0.2, 0.25) is 11.8 Å². The van der Waals surface area contributed by atoms with Gasteiger partial charge in [-0.25, -0.2) is 4.39 Å². The predicted octanol–water partition coefficient (Wildman–Crippen LogP) is 5.97. The number of halogens is 3. The van der Waals surface area contributed by atoms with E-state index in [1.807, 2.05) is 6.92 Å². The monoisotopic (exact) mass is 568 g/mol. The van der Waals surface area contributed by atoms with E-state index in [2.05, 4.69) is 10.6 Å². The lowest BCUT2D eigenvalue weighted by Crippen LogP contribution is -2.57. The van der Waals surface area contributed by atoms with Gasteiger partial charge in [0.1, 0.15) is 22.6 Å². The summed E-state index contributed by atoms with van der Waals surface area (Å²) in [6.45, 7) is 1.67. The molecule has 202 valence electrons. The van der Waals surface area contributed by atoms with Gasteiger partial charge in [0, 0.05) is 33.6 Å². The lowest BCUT2D eigenvalue weighted by Gasteiger charge is -2.48. The van der Waals surface area contributed by atoms with Crippen molar-refractivity contribution in [1.29, 1.82) is 0 Å².